The van der Waals surface area contributed by atoms with Crippen LogP contribution in [0.4, 0.5) is 17.1 Å². The first-order valence-electron chi connectivity index (χ1n) is 9.22. The first kappa shape index (κ1) is 19.1. The molecule has 29 heavy (non-hydrogen) atoms. The fraction of sp³-hybridized carbons (Fsp3) is 0.182. The summed E-state index contributed by atoms with van der Waals surface area (Å²) in [6.07, 6.45) is 0.669. The molecular weight excluding hydrogens is 388 g/mol. The van der Waals surface area contributed by atoms with E-state index in [0.717, 1.165) is 22.7 Å². The molecule has 3 aromatic rings. The number of hydrogen-bond acceptors (Lipinski definition) is 5. The number of anilines is 3. The van der Waals surface area contributed by atoms with Crippen LogP contribution >= 0.6 is 0 Å². The van der Waals surface area contributed by atoms with Crippen molar-refractivity contribution in [1.29, 1.82) is 0 Å². The molecule has 3 aromatic carbocycles. The molecule has 0 bridgehead atoms. The first-order valence-corrected chi connectivity index (χ1v) is 10.7. The van der Waals surface area contributed by atoms with Crippen molar-refractivity contribution in [1.82, 2.24) is 0 Å². The zero-order valence-electron chi connectivity index (χ0n) is 16.3. The maximum absolute atomic E-state index is 13.3. The molecule has 0 fully saturated rings. The van der Waals surface area contributed by atoms with Gasteiger partial charge in [-0.05, 0) is 66.6 Å². The van der Waals surface area contributed by atoms with Crippen LogP contribution in [0.1, 0.15) is 5.56 Å². The van der Waals surface area contributed by atoms with Crippen LogP contribution in [0.3, 0.4) is 0 Å². The zero-order valence-corrected chi connectivity index (χ0v) is 17.1. The number of para-hydroxylation sites is 1. The van der Waals surface area contributed by atoms with E-state index in [9.17, 15) is 8.42 Å². The van der Waals surface area contributed by atoms with Gasteiger partial charge in [0.15, 0.2) is 0 Å². The van der Waals surface area contributed by atoms with Gasteiger partial charge in [-0.25, -0.2) is 8.42 Å². The molecule has 150 valence electrons. The lowest BCUT2D eigenvalue weighted by molar-refractivity contribution is 0.414. The van der Waals surface area contributed by atoms with Crippen LogP contribution < -0.4 is 19.1 Å². The summed E-state index contributed by atoms with van der Waals surface area (Å²) in [5.41, 5.74) is 3.30. The van der Waals surface area contributed by atoms with Crippen molar-refractivity contribution in [3.63, 3.8) is 0 Å². The molecule has 1 aliphatic rings. The van der Waals surface area contributed by atoms with E-state index in [-0.39, 0.29) is 4.90 Å². The first-order chi connectivity index (χ1) is 14.0. The average molecular weight is 410 g/mol. The number of nitrogens with one attached hydrogen (secondary N) is 1. The predicted octanol–water partition coefficient (Wildman–Crippen LogP) is 4.20. The number of sulfonamides is 1. The Balaban J connectivity index is 1.69. The lowest BCUT2D eigenvalue weighted by Gasteiger charge is -2.23. The van der Waals surface area contributed by atoms with Crippen LogP contribution in [-0.2, 0) is 16.4 Å². The van der Waals surface area contributed by atoms with Gasteiger partial charge < -0.3 is 14.8 Å². The molecule has 1 aliphatic heterocycles. The van der Waals surface area contributed by atoms with Crippen LogP contribution in [-0.4, -0.2) is 29.2 Å². The fourth-order valence-corrected chi connectivity index (χ4v) is 4.99. The molecule has 0 aliphatic carbocycles. The van der Waals surface area contributed by atoms with Gasteiger partial charge >= 0.3 is 0 Å². The Morgan fingerprint density at radius 1 is 0.862 bits per heavy atom. The Morgan fingerprint density at radius 2 is 1.48 bits per heavy atom. The van der Waals surface area contributed by atoms with Crippen LogP contribution in [0.2, 0.25) is 0 Å². The van der Waals surface area contributed by atoms with Crippen molar-refractivity contribution in [2.45, 2.75) is 11.3 Å². The third-order valence-electron chi connectivity index (χ3n) is 4.97. The van der Waals surface area contributed by atoms with Gasteiger partial charge in [0.05, 0.1) is 30.5 Å². The molecule has 0 amide bonds. The summed E-state index contributed by atoms with van der Waals surface area (Å²) in [5.74, 6) is 1.38. The summed E-state index contributed by atoms with van der Waals surface area (Å²) < 4.78 is 38.5. The van der Waals surface area contributed by atoms with Gasteiger partial charge in [0.2, 0.25) is 0 Å². The summed E-state index contributed by atoms with van der Waals surface area (Å²) in [6, 6.07) is 19.8. The Labute approximate surface area is 170 Å². The summed E-state index contributed by atoms with van der Waals surface area (Å²) in [6.45, 7) is 0.408. The molecule has 0 atom stereocenters. The minimum atomic E-state index is -3.68. The Bertz CT molecular complexity index is 1110. The molecule has 4 rings (SSSR count). The summed E-state index contributed by atoms with van der Waals surface area (Å²) in [4.78, 5) is 0.241. The number of ether oxygens (including phenoxy) is 2. The molecule has 0 spiro atoms. The molecule has 0 unspecified atom stereocenters. The van der Waals surface area contributed by atoms with Crippen molar-refractivity contribution in [3.8, 4) is 11.5 Å². The second kappa shape index (κ2) is 7.67. The van der Waals surface area contributed by atoms with E-state index >= 15 is 0 Å². The highest BCUT2D eigenvalue weighted by atomic mass is 32.2. The standard InChI is InChI=1S/C22H22N2O4S/c1-27-18-8-6-17(7-9-18)23-21-5-3-4-16-14-15-24(22(16)21)29(25,26)20-12-10-19(28-2)11-13-20/h3-13,23H,14-15H2,1-2H3. The van der Waals surface area contributed by atoms with Crippen molar-refractivity contribution < 1.29 is 17.9 Å². The number of fused-ring (bicyclic) bond motifs is 1. The number of hydrogen-bond donors (Lipinski definition) is 1. The van der Waals surface area contributed by atoms with Gasteiger partial charge in [-0.1, -0.05) is 12.1 Å². The van der Waals surface area contributed by atoms with E-state index in [1.807, 2.05) is 42.5 Å². The molecule has 0 radical (unpaired) electrons. The van der Waals surface area contributed by atoms with Gasteiger partial charge in [-0.3, -0.25) is 4.31 Å². The highest BCUT2D eigenvalue weighted by molar-refractivity contribution is 7.92. The van der Waals surface area contributed by atoms with Crippen LogP contribution in [0.25, 0.3) is 0 Å². The number of benzene rings is 3. The highest BCUT2D eigenvalue weighted by Gasteiger charge is 2.33. The van der Waals surface area contributed by atoms with E-state index in [1.165, 1.54) is 4.31 Å². The average Bonchev–Trinajstić information content (AvgIpc) is 3.20. The molecule has 0 saturated heterocycles. The second-order valence-corrected chi connectivity index (χ2v) is 8.53. The maximum Gasteiger partial charge on any atom is 0.264 e. The van der Waals surface area contributed by atoms with Crippen molar-refractivity contribution in [2.75, 3.05) is 30.4 Å². The highest BCUT2D eigenvalue weighted by Crippen LogP contribution is 2.40. The number of rotatable bonds is 6. The summed E-state index contributed by atoms with van der Waals surface area (Å²) >= 11 is 0. The normalized spacial score (nSPS) is 13.1. The van der Waals surface area contributed by atoms with Gasteiger partial charge in [0.25, 0.3) is 10.0 Å². The monoisotopic (exact) mass is 410 g/mol. The van der Waals surface area contributed by atoms with E-state index in [2.05, 4.69) is 5.32 Å². The SMILES string of the molecule is COc1ccc(Nc2cccc3c2N(S(=O)(=O)c2ccc(OC)cc2)CC3)cc1. The quantitative estimate of drug-likeness (QED) is 0.660. The molecule has 1 N–H and O–H groups in total. The Hall–Kier alpha value is -3.19. The smallest absolute Gasteiger partial charge is 0.264 e. The number of methoxy groups -OCH3 is 2. The molecule has 7 heteroatoms. The van der Waals surface area contributed by atoms with Gasteiger partial charge in [0.1, 0.15) is 11.5 Å². The summed E-state index contributed by atoms with van der Waals surface area (Å²) in [7, 11) is -0.512. The van der Waals surface area contributed by atoms with E-state index in [0.29, 0.717) is 24.4 Å². The minimum absolute atomic E-state index is 0.241. The lowest BCUT2D eigenvalue weighted by Crippen LogP contribution is -2.29. The van der Waals surface area contributed by atoms with Crippen molar-refractivity contribution in [3.05, 3.63) is 72.3 Å². The predicted molar refractivity (Wildman–Crippen MR) is 114 cm³/mol. The Kier molecular flexibility index (Phi) is 5.07. The second-order valence-electron chi connectivity index (χ2n) is 6.67. The van der Waals surface area contributed by atoms with Gasteiger partial charge in [-0.15, -0.1) is 0 Å². The number of nitrogens with zero attached hydrogens (tertiary/aromatic N) is 1. The van der Waals surface area contributed by atoms with Crippen LogP contribution in [0, 0.1) is 0 Å². The third kappa shape index (κ3) is 3.61. The zero-order chi connectivity index (χ0) is 20.4. The van der Waals surface area contributed by atoms with E-state index in [4.69, 9.17) is 9.47 Å². The van der Waals surface area contributed by atoms with Crippen LogP contribution in [0.5, 0.6) is 11.5 Å². The van der Waals surface area contributed by atoms with E-state index < -0.39 is 10.0 Å². The Morgan fingerprint density at radius 3 is 2.10 bits per heavy atom. The maximum atomic E-state index is 13.3. The molecular formula is C22H22N2O4S. The molecule has 0 saturated carbocycles. The molecule has 1 heterocycles. The van der Waals surface area contributed by atoms with E-state index in [1.54, 1.807) is 38.5 Å². The fourth-order valence-electron chi connectivity index (χ4n) is 3.47. The minimum Gasteiger partial charge on any atom is -0.497 e. The molecule has 0 aromatic heterocycles. The van der Waals surface area contributed by atoms with Crippen LogP contribution in [0.15, 0.2) is 71.6 Å². The van der Waals surface area contributed by atoms with Crippen molar-refractivity contribution in [2.24, 2.45) is 0 Å². The third-order valence-corrected chi connectivity index (χ3v) is 6.78. The molecule has 6 nitrogen and oxygen atoms in total. The van der Waals surface area contributed by atoms with Gasteiger partial charge in [0, 0.05) is 12.2 Å². The van der Waals surface area contributed by atoms with Gasteiger partial charge in [-0.2, -0.15) is 0 Å². The lowest BCUT2D eigenvalue weighted by atomic mass is 10.1. The largest absolute Gasteiger partial charge is 0.497 e. The topological polar surface area (TPSA) is 67.9 Å². The van der Waals surface area contributed by atoms with Crippen molar-refractivity contribution >= 4 is 27.1 Å². The summed E-state index contributed by atoms with van der Waals surface area (Å²) in [5, 5.41) is 3.35.